The van der Waals surface area contributed by atoms with Crippen molar-refractivity contribution in [3.05, 3.63) is 28.5 Å². The second-order valence-corrected chi connectivity index (χ2v) is 5.44. The minimum absolute atomic E-state index is 0.139. The van der Waals surface area contributed by atoms with Gasteiger partial charge in [-0.25, -0.2) is 4.98 Å². The molecule has 14 heavy (non-hydrogen) atoms. The summed E-state index contributed by atoms with van der Waals surface area (Å²) < 4.78 is 0.941. The van der Waals surface area contributed by atoms with Gasteiger partial charge in [0.2, 0.25) is 0 Å². The standard InChI is InChI=1S/C11H15BrN2/c1-10(2)6-11(10,7-13)8-4-3-5-14-9(8)12/h3-5H,6-7,13H2,1-2H3. The Labute approximate surface area is 93.0 Å². The van der Waals surface area contributed by atoms with Crippen molar-refractivity contribution in [2.75, 3.05) is 6.54 Å². The second-order valence-electron chi connectivity index (χ2n) is 4.69. The van der Waals surface area contributed by atoms with Gasteiger partial charge in [-0.1, -0.05) is 19.9 Å². The number of aromatic nitrogens is 1. The first kappa shape index (κ1) is 10.1. The number of pyridine rings is 1. The lowest BCUT2D eigenvalue weighted by molar-refractivity contribution is 0.500. The van der Waals surface area contributed by atoms with E-state index in [1.54, 1.807) is 6.20 Å². The van der Waals surface area contributed by atoms with Crippen molar-refractivity contribution in [3.63, 3.8) is 0 Å². The lowest BCUT2D eigenvalue weighted by Crippen LogP contribution is -2.25. The minimum Gasteiger partial charge on any atom is -0.330 e. The van der Waals surface area contributed by atoms with Crippen LogP contribution in [0.1, 0.15) is 25.8 Å². The Kier molecular flexibility index (Phi) is 2.20. The summed E-state index contributed by atoms with van der Waals surface area (Å²) in [4.78, 5) is 4.26. The molecule has 2 nitrogen and oxygen atoms in total. The summed E-state index contributed by atoms with van der Waals surface area (Å²) in [6, 6.07) is 4.10. The summed E-state index contributed by atoms with van der Waals surface area (Å²) in [6.45, 7) is 5.23. The second kappa shape index (κ2) is 3.04. The highest BCUT2D eigenvalue weighted by molar-refractivity contribution is 9.10. The smallest absolute Gasteiger partial charge is 0.109 e. The van der Waals surface area contributed by atoms with Crippen LogP contribution in [0, 0.1) is 5.41 Å². The van der Waals surface area contributed by atoms with Gasteiger partial charge in [0, 0.05) is 18.2 Å². The zero-order chi connectivity index (χ0) is 10.4. The molecule has 0 aliphatic heterocycles. The minimum atomic E-state index is 0.139. The van der Waals surface area contributed by atoms with Gasteiger partial charge in [0.15, 0.2) is 0 Å². The maximum atomic E-state index is 5.90. The fourth-order valence-corrected chi connectivity index (χ4v) is 3.00. The highest BCUT2D eigenvalue weighted by Crippen LogP contribution is 2.64. The maximum Gasteiger partial charge on any atom is 0.109 e. The van der Waals surface area contributed by atoms with Crippen LogP contribution in [0.5, 0.6) is 0 Å². The van der Waals surface area contributed by atoms with Gasteiger partial charge in [0.1, 0.15) is 4.60 Å². The van der Waals surface area contributed by atoms with Gasteiger partial charge in [-0.15, -0.1) is 0 Å². The van der Waals surface area contributed by atoms with Crippen molar-refractivity contribution in [3.8, 4) is 0 Å². The summed E-state index contributed by atoms with van der Waals surface area (Å²) in [5, 5.41) is 0. The molecule has 3 heteroatoms. The first-order valence-electron chi connectivity index (χ1n) is 4.85. The zero-order valence-corrected chi connectivity index (χ0v) is 10.1. The summed E-state index contributed by atoms with van der Waals surface area (Å²) >= 11 is 3.50. The number of hydrogen-bond acceptors (Lipinski definition) is 2. The van der Waals surface area contributed by atoms with E-state index >= 15 is 0 Å². The Bertz CT molecular complexity index is 362. The van der Waals surface area contributed by atoms with Crippen LogP contribution in [0.2, 0.25) is 0 Å². The quantitative estimate of drug-likeness (QED) is 0.824. The Morgan fingerprint density at radius 1 is 1.57 bits per heavy atom. The van der Waals surface area contributed by atoms with Gasteiger partial charge in [0.25, 0.3) is 0 Å². The van der Waals surface area contributed by atoms with Crippen LogP contribution in [0.3, 0.4) is 0 Å². The zero-order valence-electron chi connectivity index (χ0n) is 8.55. The molecule has 1 aromatic heterocycles. The Balaban J connectivity index is 2.46. The van der Waals surface area contributed by atoms with Gasteiger partial charge in [-0.3, -0.25) is 0 Å². The van der Waals surface area contributed by atoms with Gasteiger partial charge in [0.05, 0.1) is 0 Å². The fourth-order valence-electron chi connectivity index (χ4n) is 2.37. The Morgan fingerprint density at radius 2 is 2.21 bits per heavy atom. The lowest BCUT2D eigenvalue weighted by atomic mass is 9.89. The normalized spacial score (nSPS) is 28.9. The first-order valence-corrected chi connectivity index (χ1v) is 5.64. The van der Waals surface area contributed by atoms with E-state index in [4.69, 9.17) is 5.73 Å². The van der Waals surface area contributed by atoms with Gasteiger partial charge < -0.3 is 5.73 Å². The molecule has 0 amide bonds. The summed E-state index contributed by atoms with van der Waals surface area (Å²) in [5.74, 6) is 0. The van der Waals surface area contributed by atoms with E-state index in [0.717, 1.165) is 11.0 Å². The molecule has 1 heterocycles. The molecule has 2 rings (SSSR count). The van der Waals surface area contributed by atoms with Crippen LogP contribution in [0.4, 0.5) is 0 Å². The van der Waals surface area contributed by atoms with Crippen molar-refractivity contribution in [1.29, 1.82) is 0 Å². The van der Waals surface area contributed by atoms with Crippen LogP contribution in [-0.4, -0.2) is 11.5 Å². The largest absolute Gasteiger partial charge is 0.330 e. The SMILES string of the molecule is CC1(C)CC1(CN)c1cccnc1Br. The number of nitrogens with two attached hydrogens (primary N) is 1. The highest BCUT2D eigenvalue weighted by Gasteiger charge is 2.61. The summed E-state index contributed by atoms with van der Waals surface area (Å²) in [5.41, 5.74) is 7.61. The third-order valence-electron chi connectivity index (χ3n) is 3.54. The van der Waals surface area contributed by atoms with Gasteiger partial charge in [-0.2, -0.15) is 0 Å². The van der Waals surface area contributed by atoms with Crippen molar-refractivity contribution in [2.24, 2.45) is 11.1 Å². The number of rotatable bonds is 2. The van der Waals surface area contributed by atoms with Crippen LogP contribution in [0.15, 0.2) is 22.9 Å². The van der Waals surface area contributed by atoms with Crippen molar-refractivity contribution < 1.29 is 0 Å². The van der Waals surface area contributed by atoms with Gasteiger partial charge in [-0.05, 0) is 39.4 Å². The van der Waals surface area contributed by atoms with Crippen LogP contribution in [-0.2, 0) is 5.41 Å². The molecule has 1 unspecified atom stereocenters. The Morgan fingerprint density at radius 3 is 2.64 bits per heavy atom. The Hall–Kier alpha value is -0.410. The molecule has 76 valence electrons. The molecule has 1 aliphatic carbocycles. The fraction of sp³-hybridized carbons (Fsp3) is 0.545. The molecule has 0 bridgehead atoms. The van der Waals surface area contributed by atoms with E-state index in [9.17, 15) is 0 Å². The predicted molar refractivity (Wildman–Crippen MR) is 61.1 cm³/mol. The van der Waals surface area contributed by atoms with Gasteiger partial charge >= 0.3 is 0 Å². The van der Waals surface area contributed by atoms with Crippen molar-refractivity contribution in [2.45, 2.75) is 25.7 Å². The molecule has 1 aliphatic rings. The molecule has 1 atom stereocenters. The van der Waals surface area contributed by atoms with Crippen molar-refractivity contribution >= 4 is 15.9 Å². The maximum absolute atomic E-state index is 5.90. The first-order chi connectivity index (χ1) is 6.53. The molecule has 0 aromatic carbocycles. The van der Waals surface area contributed by atoms with E-state index in [1.807, 2.05) is 6.07 Å². The molecule has 0 radical (unpaired) electrons. The monoisotopic (exact) mass is 254 g/mol. The van der Waals surface area contributed by atoms with E-state index < -0.39 is 0 Å². The summed E-state index contributed by atoms with van der Waals surface area (Å²) in [6.07, 6.45) is 2.95. The molecular formula is C11H15BrN2. The van der Waals surface area contributed by atoms with Crippen molar-refractivity contribution in [1.82, 2.24) is 4.98 Å². The molecule has 1 aromatic rings. The van der Waals surface area contributed by atoms with E-state index in [2.05, 4.69) is 40.8 Å². The molecule has 2 N–H and O–H groups in total. The molecule has 0 spiro atoms. The van der Waals surface area contributed by atoms with Crippen LogP contribution >= 0.6 is 15.9 Å². The predicted octanol–water partition coefficient (Wildman–Crippen LogP) is 2.47. The topological polar surface area (TPSA) is 38.9 Å². The molecule has 0 saturated heterocycles. The molecule has 1 saturated carbocycles. The molecule has 1 fully saturated rings. The van der Waals surface area contributed by atoms with Crippen LogP contribution < -0.4 is 5.73 Å². The third kappa shape index (κ3) is 1.22. The average molecular weight is 255 g/mol. The number of halogens is 1. The number of hydrogen-bond donors (Lipinski definition) is 1. The van der Waals surface area contributed by atoms with Crippen LogP contribution in [0.25, 0.3) is 0 Å². The lowest BCUT2D eigenvalue weighted by Gasteiger charge is -2.19. The highest BCUT2D eigenvalue weighted by atomic mass is 79.9. The molecular weight excluding hydrogens is 240 g/mol. The summed E-state index contributed by atoms with van der Waals surface area (Å²) in [7, 11) is 0. The average Bonchev–Trinajstić information content (AvgIpc) is 2.70. The van der Waals surface area contributed by atoms with E-state index in [0.29, 0.717) is 12.0 Å². The number of nitrogens with zero attached hydrogens (tertiary/aromatic N) is 1. The van der Waals surface area contributed by atoms with E-state index in [-0.39, 0.29) is 5.41 Å². The van der Waals surface area contributed by atoms with E-state index in [1.165, 1.54) is 5.56 Å². The third-order valence-corrected chi connectivity index (χ3v) is 4.17.